The van der Waals surface area contributed by atoms with Crippen LogP contribution in [0.2, 0.25) is 0 Å². The molecule has 0 aliphatic heterocycles. The number of carbonyl (C=O) groups is 2. The fourth-order valence-electron chi connectivity index (χ4n) is 4.78. The van der Waals surface area contributed by atoms with Crippen molar-refractivity contribution in [1.82, 2.24) is 0 Å². The van der Waals surface area contributed by atoms with Crippen LogP contribution in [0.1, 0.15) is 162 Å². The maximum absolute atomic E-state index is 12.4. The molecule has 0 rings (SSSR count). The first kappa shape index (κ1) is 43.6. The molecule has 0 aromatic heterocycles. The highest BCUT2D eigenvalue weighted by atomic mass is 16.6. The van der Waals surface area contributed by atoms with Gasteiger partial charge in [-0.1, -0.05) is 152 Å². The summed E-state index contributed by atoms with van der Waals surface area (Å²) in [5.41, 5.74) is 0. The molecule has 0 bridgehead atoms. The molecule has 0 radical (unpaired) electrons. The Bertz CT molecular complexity index is 823. The van der Waals surface area contributed by atoms with Gasteiger partial charge < -0.3 is 14.2 Å². The molecule has 0 saturated carbocycles. The highest BCUT2D eigenvalue weighted by molar-refractivity contribution is 5.70. The molecule has 1 atom stereocenters. The lowest BCUT2D eigenvalue weighted by Crippen LogP contribution is -2.30. The van der Waals surface area contributed by atoms with Crippen molar-refractivity contribution in [3.63, 3.8) is 0 Å². The molecular formula is C41H70O5. The van der Waals surface area contributed by atoms with E-state index in [1.807, 2.05) is 0 Å². The van der Waals surface area contributed by atoms with Crippen LogP contribution in [0.4, 0.5) is 0 Å². The van der Waals surface area contributed by atoms with E-state index in [9.17, 15) is 9.59 Å². The Morgan fingerprint density at radius 1 is 0.500 bits per heavy atom. The van der Waals surface area contributed by atoms with Crippen molar-refractivity contribution < 1.29 is 23.8 Å². The van der Waals surface area contributed by atoms with Gasteiger partial charge in [0.05, 0.1) is 6.61 Å². The van der Waals surface area contributed by atoms with Gasteiger partial charge >= 0.3 is 11.9 Å². The topological polar surface area (TPSA) is 61.8 Å². The summed E-state index contributed by atoms with van der Waals surface area (Å²) >= 11 is 0. The SMILES string of the molecule is CC/C=C\C/C=C\C/C=C\C/C=C\C/C=C\CCCC(=O)OCC(COCCCCCCCCCC)OC(=O)CCCCCCC. The summed E-state index contributed by atoms with van der Waals surface area (Å²) in [6.45, 7) is 7.54. The van der Waals surface area contributed by atoms with Crippen molar-refractivity contribution >= 4 is 11.9 Å². The monoisotopic (exact) mass is 643 g/mol. The van der Waals surface area contributed by atoms with Crippen LogP contribution in [-0.2, 0) is 23.8 Å². The largest absolute Gasteiger partial charge is 0.462 e. The van der Waals surface area contributed by atoms with E-state index in [1.54, 1.807) is 0 Å². The minimum Gasteiger partial charge on any atom is -0.462 e. The quantitative estimate of drug-likeness (QED) is 0.0405. The molecule has 264 valence electrons. The van der Waals surface area contributed by atoms with Crippen molar-refractivity contribution in [3.05, 3.63) is 60.8 Å². The van der Waals surface area contributed by atoms with Crippen molar-refractivity contribution in [2.45, 2.75) is 168 Å². The van der Waals surface area contributed by atoms with Gasteiger partial charge in [0.15, 0.2) is 6.10 Å². The third kappa shape index (κ3) is 34.5. The van der Waals surface area contributed by atoms with Gasteiger partial charge in [-0.15, -0.1) is 0 Å². The van der Waals surface area contributed by atoms with Gasteiger partial charge in [0, 0.05) is 19.4 Å². The zero-order valence-electron chi connectivity index (χ0n) is 30.1. The molecule has 0 saturated heterocycles. The molecular weight excluding hydrogens is 572 g/mol. The first-order valence-electron chi connectivity index (χ1n) is 18.8. The number of unbranched alkanes of at least 4 members (excludes halogenated alkanes) is 12. The van der Waals surface area contributed by atoms with E-state index in [1.165, 1.54) is 51.4 Å². The van der Waals surface area contributed by atoms with Crippen molar-refractivity contribution in [1.29, 1.82) is 0 Å². The van der Waals surface area contributed by atoms with E-state index in [2.05, 4.69) is 81.5 Å². The van der Waals surface area contributed by atoms with Gasteiger partial charge in [0.2, 0.25) is 0 Å². The number of ether oxygens (including phenoxy) is 3. The zero-order chi connectivity index (χ0) is 33.6. The number of esters is 2. The highest BCUT2D eigenvalue weighted by Gasteiger charge is 2.17. The van der Waals surface area contributed by atoms with E-state index in [0.717, 1.165) is 77.0 Å². The Balaban J connectivity index is 4.20. The second-order valence-electron chi connectivity index (χ2n) is 12.1. The zero-order valence-corrected chi connectivity index (χ0v) is 30.1. The molecule has 0 amide bonds. The van der Waals surface area contributed by atoms with Crippen molar-refractivity contribution in [2.75, 3.05) is 19.8 Å². The summed E-state index contributed by atoms with van der Waals surface area (Å²) in [5.74, 6) is -0.484. The summed E-state index contributed by atoms with van der Waals surface area (Å²) in [4.78, 5) is 24.8. The van der Waals surface area contributed by atoms with Crippen LogP contribution in [0.5, 0.6) is 0 Å². The molecule has 1 unspecified atom stereocenters. The average molecular weight is 643 g/mol. The van der Waals surface area contributed by atoms with Crippen LogP contribution in [-0.4, -0.2) is 37.9 Å². The molecule has 5 nitrogen and oxygen atoms in total. The van der Waals surface area contributed by atoms with E-state index >= 15 is 0 Å². The Hall–Kier alpha value is -2.40. The third-order valence-electron chi connectivity index (χ3n) is 7.57. The number of allylic oxidation sites excluding steroid dienone is 10. The van der Waals surface area contributed by atoms with Gasteiger partial charge in [-0.3, -0.25) is 9.59 Å². The second kappa shape index (κ2) is 37.1. The molecule has 0 aliphatic rings. The Kier molecular flexibility index (Phi) is 35.1. The standard InChI is InChI=1S/C41H70O5/c1-4-7-10-13-15-17-18-19-20-21-22-23-24-25-26-29-31-34-40(42)45-38-39(46-41(43)35-32-28-12-9-6-3)37-44-36-33-30-27-16-14-11-8-5-2/h7,10,15,17,19-20,22-23,25-26,39H,4-6,8-9,11-14,16,18,21,24,27-38H2,1-3H3/b10-7-,17-15-,20-19-,23-22-,26-25-. The summed E-state index contributed by atoms with van der Waals surface area (Å²) in [6.07, 6.45) is 43.9. The summed E-state index contributed by atoms with van der Waals surface area (Å²) in [5, 5.41) is 0. The highest BCUT2D eigenvalue weighted by Crippen LogP contribution is 2.10. The molecule has 0 aromatic rings. The van der Waals surface area contributed by atoms with Gasteiger partial charge in [0.25, 0.3) is 0 Å². The molecule has 46 heavy (non-hydrogen) atoms. The molecule has 0 aliphatic carbocycles. The molecule has 0 aromatic carbocycles. The van der Waals surface area contributed by atoms with Crippen molar-refractivity contribution in [3.8, 4) is 0 Å². The number of hydrogen-bond donors (Lipinski definition) is 0. The molecule has 0 fully saturated rings. The lowest BCUT2D eigenvalue weighted by atomic mass is 10.1. The van der Waals surface area contributed by atoms with Gasteiger partial charge in [0.1, 0.15) is 6.61 Å². The lowest BCUT2D eigenvalue weighted by molar-refractivity contribution is -0.163. The molecule has 0 N–H and O–H groups in total. The summed E-state index contributed by atoms with van der Waals surface area (Å²) in [6, 6.07) is 0. The minimum atomic E-state index is -0.549. The van der Waals surface area contributed by atoms with E-state index < -0.39 is 6.10 Å². The summed E-state index contributed by atoms with van der Waals surface area (Å²) in [7, 11) is 0. The maximum atomic E-state index is 12.4. The van der Waals surface area contributed by atoms with E-state index in [0.29, 0.717) is 19.4 Å². The number of carbonyl (C=O) groups excluding carboxylic acids is 2. The molecule has 0 spiro atoms. The van der Waals surface area contributed by atoms with Gasteiger partial charge in [-0.2, -0.15) is 0 Å². The van der Waals surface area contributed by atoms with E-state index in [4.69, 9.17) is 14.2 Å². The first-order valence-corrected chi connectivity index (χ1v) is 18.8. The van der Waals surface area contributed by atoms with Crippen LogP contribution >= 0.6 is 0 Å². The summed E-state index contributed by atoms with van der Waals surface area (Å²) < 4.78 is 17.0. The van der Waals surface area contributed by atoms with Crippen LogP contribution in [0.15, 0.2) is 60.8 Å². The normalized spacial score (nSPS) is 12.8. The van der Waals surface area contributed by atoms with Crippen LogP contribution in [0.25, 0.3) is 0 Å². The second-order valence-corrected chi connectivity index (χ2v) is 12.1. The minimum absolute atomic E-state index is 0.0551. The average Bonchev–Trinajstić information content (AvgIpc) is 3.05. The number of hydrogen-bond acceptors (Lipinski definition) is 5. The number of rotatable bonds is 33. The predicted molar refractivity (Wildman–Crippen MR) is 196 cm³/mol. The Labute approximate surface area is 284 Å². The van der Waals surface area contributed by atoms with Crippen LogP contribution < -0.4 is 0 Å². The van der Waals surface area contributed by atoms with Crippen LogP contribution in [0.3, 0.4) is 0 Å². The first-order chi connectivity index (χ1) is 22.6. The van der Waals surface area contributed by atoms with Gasteiger partial charge in [-0.05, 0) is 57.8 Å². The fourth-order valence-corrected chi connectivity index (χ4v) is 4.78. The predicted octanol–water partition coefficient (Wildman–Crippen LogP) is 11.9. The van der Waals surface area contributed by atoms with Crippen molar-refractivity contribution in [2.24, 2.45) is 0 Å². The Morgan fingerprint density at radius 2 is 0.978 bits per heavy atom. The third-order valence-corrected chi connectivity index (χ3v) is 7.57. The van der Waals surface area contributed by atoms with Gasteiger partial charge in [-0.25, -0.2) is 0 Å². The van der Waals surface area contributed by atoms with E-state index in [-0.39, 0.29) is 25.2 Å². The van der Waals surface area contributed by atoms with Crippen LogP contribution in [0, 0.1) is 0 Å². The molecule has 5 heteroatoms. The smallest absolute Gasteiger partial charge is 0.306 e. The fraction of sp³-hybridized carbons (Fsp3) is 0.707. The maximum Gasteiger partial charge on any atom is 0.306 e. The lowest BCUT2D eigenvalue weighted by Gasteiger charge is -2.18. The molecule has 0 heterocycles. The Morgan fingerprint density at radius 3 is 1.54 bits per heavy atom.